The normalized spacial score (nSPS) is 11.8. The van der Waals surface area contributed by atoms with Crippen LogP contribution in [0.5, 0.6) is 5.88 Å². The standard InChI is InChI=1S/C10H17BrN2O2/c1-4-13-9(8(11)5-12-13)15-7-10(2,3)6-14/h5,14H,4,6-7H2,1-3H3. The quantitative estimate of drug-likeness (QED) is 0.896. The lowest BCUT2D eigenvalue weighted by Gasteiger charge is -2.21. The molecule has 0 aliphatic carbocycles. The van der Waals surface area contributed by atoms with Crippen molar-refractivity contribution in [3.8, 4) is 5.88 Å². The van der Waals surface area contributed by atoms with Gasteiger partial charge in [-0.3, -0.25) is 0 Å². The number of aliphatic hydroxyl groups excluding tert-OH is 1. The first kappa shape index (κ1) is 12.5. The van der Waals surface area contributed by atoms with Crippen molar-refractivity contribution in [2.24, 2.45) is 5.41 Å². The Bertz CT molecular complexity index is 323. The molecule has 5 heteroatoms. The Labute approximate surface area is 98.4 Å². The van der Waals surface area contributed by atoms with E-state index in [9.17, 15) is 0 Å². The van der Waals surface area contributed by atoms with Gasteiger partial charge in [0.1, 0.15) is 0 Å². The molecule has 1 rings (SSSR count). The van der Waals surface area contributed by atoms with E-state index in [1.54, 1.807) is 10.9 Å². The van der Waals surface area contributed by atoms with Crippen molar-refractivity contribution >= 4 is 15.9 Å². The van der Waals surface area contributed by atoms with Crippen LogP contribution < -0.4 is 4.74 Å². The van der Waals surface area contributed by atoms with Crippen LogP contribution in [0.25, 0.3) is 0 Å². The molecule has 0 aromatic carbocycles. The summed E-state index contributed by atoms with van der Waals surface area (Å²) in [5, 5.41) is 13.2. The molecule has 86 valence electrons. The Morgan fingerprint density at radius 3 is 2.80 bits per heavy atom. The van der Waals surface area contributed by atoms with Crippen LogP contribution in [0.1, 0.15) is 20.8 Å². The third-order valence-electron chi connectivity index (χ3n) is 2.08. The average molecular weight is 277 g/mol. The Morgan fingerprint density at radius 2 is 2.27 bits per heavy atom. The number of aliphatic hydroxyl groups is 1. The van der Waals surface area contributed by atoms with E-state index in [1.165, 1.54) is 0 Å². The highest BCUT2D eigenvalue weighted by Gasteiger charge is 2.19. The molecule has 0 saturated carbocycles. The molecule has 1 aromatic heterocycles. The number of aromatic nitrogens is 2. The zero-order valence-electron chi connectivity index (χ0n) is 9.33. The minimum absolute atomic E-state index is 0.102. The van der Waals surface area contributed by atoms with Crippen molar-refractivity contribution in [2.45, 2.75) is 27.3 Å². The van der Waals surface area contributed by atoms with Gasteiger partial charge >= 0.3 is 0 Å². The summed E-state index contributed by atoms with van der Waals surface area (Å²) in [6.07, 6.45) is 1.71. The van der Waals surface area contributed by atoms with E-state index in [0.717, 1.165) is 16.9 Å². The molecule has 4 nitrogen and oxygen atoms in total. The number of hydrogen-bond acceptors (Lipinski definition) is 3. The molecule has 0 atom stereocenters. The van der Waals surface area contributed by atoms with Gasteiger partial charge in [-0.25, -0.2) is 4.68 Å². The van der Waals surface area contributed by atoms with E-state index in [-0.39, 0.29) is 12.0 Å². The summed E-state index contributed by atoms with van der Waals surface area (Å²) < 4.78 is 8.27. The number of halogens is 1. The second-order valence-electron chi connectivity index (χ2n) is 4.22. The summed E-state index contributed by atoms with van der Waals surface area (Å²) in [5.74, 6) is 0.721. The van der Waals surface area contributed by atoms with E-state index in [0.29, 0.717) is 6.61 Å². The summed E-state index contributed by atoms with van der Waals surface area (Å²) in [4.78, 5) is 0. The average Bonchev–Trinajstić information content (AvgIpc) is 2.56. The first-order valence-electron chi connectivity index (χ1n) is 4.95. The maximum Gasteiger partial charge on any atom is 0.226 e. The monoisotopic (exact) mass is 276 g/mol. The maximum atomic E-state index is 9.10. The van der Waals surface area contributed by atoms with Crippen molar-refractivity contribution < 1.29 is 9.84 Å². The Hall–Kier alpha value is -0.550. The molecule has 0 unspecified atom stereocenters. The van der Waals surface area contributed by atoms with Gasteiger partial charge in [0.2, 0.25) is 5.88 Å². The molecule has 0 spiro atoms. The van der Waals surface area contributed by atoms with Crippen molar-refractivity contribution in [1.29, 1.82) is 0 Å². The predicted octanol–water partition coefficient (Wildman–Crippen LogP) is 2.06. The highest BCUT2D eigenvalue weighted by molar-refractivity contribution is 9.10. The number of rotatable bonds is 5. The lowest BCUT2D eigenvalue weighted by Crippen LogP contribution is -2.26. The van der Waals surface area contributed by atoms with Gasteiger partial charge in [0.05, 0.1) is 23.9 Å². The first-order chi connectivity index (χ1) is 7.00. The molecule has 1 heterocycles. The summed E-state index contributed by atoms with van der Waals surface area (Å²) in [6.45, 7) is 7.24. The molecule has 1 N–H and O–H groups in total. The van der Waals surface area contributed by atoms with Crippen LogP contribution in [0.4, 0.5) is 0 Å². The fourth-order valence-corrected chi connectivity index (χ4v) is 1.44. The van der Waals surface area contributed by atoms with Crippen LogP contribution >= 0.6 is 15.9 Å². The molecule has 0 radical (unpaired) electrons. The molecule has 0 aliphatic heterocycles. The molecule has 0 amide bonds. The Balaban J connectivity index is 2.68. The summed E-state index contributed by atoms with van der Waals surface area (Å²) in [5.41, 5.74) is -0.234. The molecule has 15 heavy (non-hydrogen) atoms. The molecule has 1 aromatic rings. The molecule has 0 saturated heterocycles. The van der Waals surface area contributed by atoms with E-state index in [1.807, 2.05) is 20.8 Å². The van der Waals surface area contributed by atoms with Gasteiger partial charge in [-0.2, -0.15) is 5.10 Å². The fourth-order valence-electron chi connectivity index (χ4n) is 1.03. The van der Waals surface area contributed by atoms with Crippen LogP contribution in [-0.4, -0.2) is 28.1 Å². The van der Waals surface area contributed by atoms with Gasteiger partial charge in [-0.15, -0.1) is 0 Å². The molecule has 0 aliphatic rings. The van der Waals surface area contributed by atoms with Crippen LogP contribution in [0, 0.1) is 5.41 Å². The fraction of sp³-hybridized carbons (Fsp3) is 0.700. The highest BCUT2D eigenvalue weighted by atomic mass is 79.9. The molecule has 0 fully saturated rings. The van der Waals surface area contributed by atoms with Crippen molar-refractivity contribution in [3.05, 3.63) is 10.7 Å². The number of ether oxygens (including phenoxy) is 1. The molecular weight excluding hydrogens is 260 g/mol. The van der Waals surface area contributed by atoms with Crippen molar-refractivity contribution in [3.63, 3.8) is 0 Å². The minimum Gasteiger partial charge on any atom is -0.476 e. The largest absolute Gasteiger partial charge is 0.476 e. The molecular formula is C10H17BrN2O2. The third kappa shape index (κ3) is 3.21. The van der Waals surface area contributed by atoms with Gasteiger partial charge in [-0.05, 0) is 22.9 Å². The van der Waals surface area contributed by atoms with E-state index in [2.05, 4.69) is 21.0 Å². The summed E-state index contributed by atoms with van der Waals surface area (Å²) in [6, 6.07) is 0. The SMILES string of the molecule is CCn1ncc(Br)c1OCC(C)(C)CO. The second-order valence-corrected chi connectivity index (χ2v) is 5.08. The number of hydrogen-bond donors (Lipinski definition) is 1. The van der Waals surface area contributed by atoms with Crippen LogP contribution in [-0.2, 0) is 6.54 Å². The Morgan fingerprint density at radius 1 is 1.60 bits per heavy atom. The minimum atomic E-state index is -0.234. The van der Waals surface area contributed by atoms with Gasteiger partial charge in [0.15, 0.2) is 0 Å². The van der Waals surface area contributed by atoms with Crippen molar-refractivity contribution in [2.75, 3.05) is 13.2 Å². The smallest absolute Gasteiger partial charge is 0.226 e. The maximum absolute atomic E-state index is 9.10. The zero-order valence-corrected chi connectivity index (χ0v) is 10.9. The van der Waals surface area contributed by atoms with Crippen LogP contribution in [0.15, 0.2) is 10.7 Å². The topological polar surface area (TPSA) is 47.3 Å². The van der Waals surface area contributed by atoms with E-state index >= 15 is 0 Å². The number of aryl methyl sites for hydroxylation is 1. The van der Waals surface area contributed by atoms with Crippen LogP contribution in [0.3, 0.4) is 0 Å². The third-order valence-corrected chi connectivity index (χ3v) is 2.62. The van der Waals surface area contributed by atoms with Gasteiger partial charge in [0, 0.05) is 12.0 Å². The lowest BCUT2D eigenvalue weighted by molar-refractivity contribution is 0.0917. The van der Waals surface area contributed by atoms with Gasteiger partial charge in [0.25, 0.3) is 0 Å². The van der Waals surface area contributed by atoms with Crippen molar-refractivity contribution in [1.82, 2.24) is 9.78 Å². The Kier molecular flexibility index (Phi) is 4.16. The van der Waals surface area contributed by atoms with Crippen LogP contribution in [0.2, 0.25) is 0 Å². The zero-order chi connectivity index (χ0) is 11.5. The lowest BCUT2D eigenvalue weighted by atomic mass is 9.97. The first-order valence-corrected chi connectivity index (χ1v) is 5.74. The summed E-state index contributed by atoms with van der Waals surface area (Å²) >= 11 is 3.38. The van der Waals surface area contributed by atoms with Gasteiger partial charge in [-0.1, -0.05) is 13.8 Å². The van der Waals surface area contributed by atoms with Gasteiger partial charge < -0.3 is 9.84 Å². The van der Waals surface area contributed by atoms with E-state index in [4.69, 9.17) is 9.84 Å². The van der Waals surface area contributed by atoms with E-state index < -0.39 is 0 Å². The highest BCUT2D eigenvalue weighted by Crippen LogP contribution is 2.26. The summed E-state index contributed by atoms with van der Waals surface area (Å²) in [7, 11) is 0. The second kappa shape index (κ2) is 4.99. The number of nitrogens with zero attached hydrogens (tertiary/aromatic N) is 2. The predicted molar refractivity (Wildman–Crippen MR) is 62.0 cm³/mol. The molecule has 0 bridgehead atoms.